The third kappa shape index (κ3) is 2.10. The number of ether oxygens (including phenoxy) is 1. The van der Waals surface area contributed by atoms with Crippen molar-refractivity contribution >= 4 is 23.5 Å². The highest BCUT2D eigenvalue weighted by Crippen LogP contribution is 2.45. The molecule has 7 heteroatoms. The number of hydrogen-bond donors (Lipinski definition) is 2. The molecular formula is C14H16ClN3O3. The Kier molecular flexibility index (Phi) is 3.02. The number of nitrogens with zero attached hydrogens (tertiary/aromatic N) is 1. The van der Waals surface area contributed by atoms with E-state index in [0.29, 0.717) is 10.8 Å². The van der Waals surface area contributed by atoms with Crippen LogP contribution >= 0.6 is 11.6 Å². The minimum atomic E-state index is -1.09. The standard InChI is InChI=1S/C14H16ClN3O3/c1-14-10(12(19)18(2)3)11(16-13(20)17-14)8-6-7(15)4-5-9(8)21-14/h4-6,10-11H,1-3H3,(H2,16,17,20). The molecule has 2 aliphatic heterocycles. The molecule has 0 aromatic heterocycles. The van der Waals surface area contributed by atoms with Gasteiger partial charge in [-0.3, -0.25) is 10.1 Å². The lowest BCUT2D eigenvalue weighted by Crippen LogP contribution is -2.70. The van der Waals surface area contributed by atoms with E-state index < -0.39 is 17.7 Å². The van der Waals surface area contributed by atoms with Gasteiger partial charge in [0.1, 0.15) is 11.7 Å². The predicted molar refractivity (Wildman–Crippen MR) is 77.1 cm³/mol. The van der Waals surface area contributed by atoms with E-state index in [4.69, 9.17) is 16.3 Å². The summed E-state index contributed by atoms with van der Waals surface area (Å²) in [5.41, 5.74) is -0.370. The molecule has 1 aromatic carbocycles. The Labute approximate surface area is 127 Å². The maximum atomic E-state index is 12.5. The van der Waals surface area contributed by atoms with Crippen LogP contribution in [-0.4, -0.2) is 36.7 Å². The summed E-state index contributed by atoms with van der Waals surface area (Å²) in [4.78, 5) is 25.9. The van der Waals surface area contributed by atoms with Gasteiger partial charge in [0, 0.05) is 24.7 Å². The van der Waals surface area contributed by atoms with E-state index in [0.717, 1.165) is 5.56 Å². The van der Waals surface area contributed by atoms with Gasteiger partial charge in [-0.2, -0.15) is 0 Å². The van der Waals surface area contributed by atoms with Gasteiger partial charge in [0.2, 0.25) is 5.91 Å². The van der Waals surface area contributed by atoms with Crippen molar-refractivity contribution in [2.24, 2.45) is 5.92 Å². The normalized spacial score (nSPS) is 29.6. The number of carbonyl (C=O) groups is 2. The summed E-state index contributed by atoms with van der Waals surface area (Å²) in [6.07, 6.45) is 0. The summed E-state index contributed by atoms with van der Waals surface area (Å²) >= 11 is 6.04. The van der Waals surface area contributed by atoms with Crippen molar-refractivity contribution in [2.75, 3.05) is 14.1 Å². The number of benzene rings is 1. The largest absolute Gasteiger partial charge is 0.467 e. The zero-order chi connectivity index (χ0) is 15.4. The van der Waals surface area contributed by atoms with Crippen LogP contribution in [0, 0.1) is 5.92 Å². The van der Waals surface area contributed by atoms with E-state index in [1.807, 2.05) is 0 Å². The van der Waals surface area contributed by atoms with Crippen molar-refractivity contribution in [1.29, 1.82) is 0 Å². The Morgan fingerprint density at radius 1 is 1.43 bits per heavy atom. The fourth-order valence-electron chi connectivity index (χ4n) is 2.97. The Morgan fingerprint density at radius 2 is 2.14 bits per heavy atom. The van der Waals surface area contributed by atoms with Crippen LogP contribution in [0.5, 0.6) is 5.75 Å². The lowest BCUT2D eigenvalue weighted by Gasteiger charge is -2.50. The van der Waals surface area contributed by atoms with Crippen LogP contribution < -0.4 is 15.4 Å². The SMILES string of the molecule is CN(C)C(=O)C1C2NC(=O)NC1(C)Oc1ccc(Cl)cc12. The van der Waals surface area contributed by atoms with Crippen LogP contribution in [0.1, 0.15) is 18.5 Å². The molecule has 6 nitrogen and oxygen atoms in total. The lowest BCUT2D eigenvalue weighted by atomic mass is 9.79. The molecule has 0 radical (unpaired) electrons. The maximum absolute atomic E-state index is 12.5. The summed E-state index contributed by atoms with van der Waals surface area (Å²) in [6.45, 7) is 1.71. The maximum Gasteiger partial charge on any atom is 0.318 e. The van der Waals surface area contributed by atoms with Gasteiger partial charge in [-0.05, 0) is 25.1 Å². The first-order chi connectivity index (χ1) is 9.82. The fraction of sp³-hybridized carbons (Fsp3) is 0.429. The average molecular weight is 310 g/mol. The van der Waals surface area contributed by atoms with Crippen LogP contribution in [-0.2, 0) is 4.79 Å². The lowest BCUT2D eigenvalue weighted by molar-refractivity contribution is -0.147. The van der Waals surface area contributed by atoms with Gasteiger partial charge in [0.05, 0.1) is 6.04 Å². The summed E-state index contributed by atoms with van der Waals surface area (Å²) in [6, 6.07) is 4.35. The number of fused-ring (bicyclic) bond motifs is 4. The molecule has 1 saturated heterocycles. The minimum absolute atomic E-state index is 0.124. The second-order valence-electron chi connectivity index (χ2n) is 5.68. The van der Waals surface area contributed by atoms with Crippen LogP contribution in [0.3, 0.4) is 0 Å². The summed E-state index contributed by atoms with van der Waals surface area (Å²) in [5.74, 6) is -0.0843. The monoisotopic (exact) mass is 309 g/mol. The molecule has 3 amide bonds. The number of amides is 3. The molecule has 2 bridgehead atoms. The second-order valence-corrected chi connectivity index (χ2v) is 6.11. The van der Waals surface area contributed by atoms with Crippen molar-refractivity contribution in [2.45, 2.75) is 18.7 Å². The summed E-state index contributed by atoms with van der Waals surface area (Å²) in [7, 11) is 3.35. The summed E-state index contributed by atoms with van der Waals surface area (Å²) < 4.78 is 5.92. The van der Waals surface area contributed by atoms with Crippen LogP contribution in [0.2, 0.25) is 5.02 Å². The van der Waals surface area contributed by atoms with E-state index in [-0.39, 0.29) is 11.9 Å². The predicted octanol–water partition coefficient (Wildman–Crippen LogP) is 1.51. The average Bonchev–Trinajstić information content (AvgIpc) is 2.37. The number of halogens is 1. The van der Waals surface area contributed by atoms with Gasteiger partial charge < -0.3 is 15.0 Å². The van der Waals surface area contributed by atoms with E-state index >= 15 is 0 Å². The Morgan fingerprint density at radius 3 is 2.81 bits per heavy atom. The second kappa shape index (κ2) is 4.53. The quantitative estimate of drug-likeness (QED) is 0.826. The zero-order valence-electron chi connectivity index (χ0n) is 11.9. The Balaban J connectivity index is 2.15. The first-order valence-electron chi connectivity index (χ1n) is 6.60. The molecule has 0 saturated carbocycles. The van der Waals surface area contributed by atoms with Crippen LogP contribution in [0.15, 0.2) is 18.2 Å². The topological polar surface area (TPSA) is 70.7 Å². The first kappa shape index (κ1) is 14.0. The van der Waals surface area contributed by atoms with Crippen molar-refractivity contribution in [3.05, 3.63) is 28.8 Å². The molecule has 112 valence electrons. The Hall–Kier alpha value is -1.95. The molecule has 3 atom stereocenters. The molecule has 0 aliphatic carbocycles. The Bertz CT molecular complexity index is 634. The number of nitrogens with one attached hydrogen (secondary N) is 2. The first-order valence-corrected chi connectivity index (χ1v) is 6.98. The van der Waals surface area contributed by atoms with E-state index in [1.54, 1.807) is 39.2 Å². The van der Waals surface area contributed by atoms with Crippen LogP contribution in [0.25, 0.3) is 0 Å². The molecule has 2 N–H and O–H groups in total. The third-order valence-corrected chi connectivity index (χ3v) is 4.15. The van der Waals surface area contributed by atoms with Crippen molar-refractivity contribution in [1.82, 2.24) is 15.5 Å². The molecular weight excluding hydrogens is 294 g/mol. The van der Waals surface area contributed by atoms with E-state index in [1.165, 1.54) is 4.90 Å². The van der Waals surface area contributed by atoms with Crippen molar-refractivity contribution < 1.29 is 14.3 Å². The fourth-order valence-corrected chi connectivity index (χ4v) is 3.15. The molecule has 2 aliphatic rings. The van der Waals surface area contributed by atoms with E-state index in [2.05, 4.69) is 10.6 Å². The number of rotatable bonds is 1. The van der Waals surface area contributed by atoms with E-state index in [9.17, 15) is 9.59 Å². The molecule has 1 aromatic rings. The highest BCUT2D eigenvalue weighted by atomic mass is 35.5. The van der Waals surface area contributed by atoms with Crippen molar-refractivity contribution in [3.63, 3.8) is 0 Å². The van der Waals surface area contributed by atoms with Gasteiger partial charge in [-0.15, -0.1) is 0 Å². The van der Waals surface area contributed by atoms with Gasteiger partial charge in [-0.25, -0.2) is 4.79 Å². The van der Waals surface area contributed by atoms with Gasteiger partial charge in [0.25, 0.3) is 0 Å². The zero-order valence-corrected chi connectivity index (χ0v) is 12.7. The molecule has 1 fully saturated rings. The molecule has 21 heavy (non-hydrogen) atoms. The van der Waals surface area contributed by atoms with Gasteiger partial charge in [0.15, 0.2) is 5.72 Å². The van der Waals surface area contributed by atoms with Crippen molar-refractivity contribution in [3.8, 4) is 5.75 Å². The van der Waals surface area contributed by atoms with Gasteiger partial charge >= 0.3 is 6.03 Å². The highest BCUT2D eigenvalue weighted by Gasteiger charge is 2.55. The third-order valence-electron chi connectivity index (χ3n) is 3.91. The molecule has 3 unspecified atom stereocenters. The molecule has 0 spiro atoms. The highest BCUT2D eigenvalue weighted by molar-refractivity contribution is 6.30. The minimum Gasteiger partial charge on any atom is -0.467 e. The summed E-state index contributed by atoms with van der Waals surface area (Å²) in [5, 5.41) is 6.05. The molecule has 2 heterocycles. The van der Waals surface area contributed by atoms with Gasteiger partial charge in [-0.1, -0.05) is 11.6 Å². The smallest absolute Gasteiger partial charge is 0.318 e. The number of carbonyl (C=O) groups excluding carboxylic acids is 2. The molecule has 3 rings (SSSR count). The van der Waals surface area contributed by atoms with Crippen LogP contribution in [0.4, 0.5) is 4.79 Å². The number of hydrogen-bond acceptors (Lipinski definition) is 3. The number of urea groups is 1.